The fourth-order valence-electron chi connectivity index (χ4n) is 1.83. The van der Waals surface area contributed by atoms with Crippen LogP contribution < -0.4 is 5.32 Å². The topological polar surface area (TPSA) is 96.0 Å². The highest BCUT2D eigenvalue weighted by atomic mass is 16.6. The Labute approximate surface area is 117 Å². The van der Waals surface area contributed by atoms with Crippen molar-refractivity contribution in [2.45, 2.75) is 32.1 Å². The number of hydrogen-bond acceptors (Lipinski definition) is 5. The highest BCUT2D eigenvalue weighted by molar-refractivity contribution is 5.62. The Morgan fingerprint density at radius 1 is 1.35 bits per heavy atom. The van der Waals surface area contributed by atoms with Crippen molar-refractivity contribution in [1.29, 1.82) is 5.26 Å². The average Bonchev–Trinajstić information content (AvgIpc) is 2.44. The summed E-state index contributed by atoms with van der Waals surface area (Å²) in [5, 5.41) is 22.6. The Morgan fingerprint density at radius 2 is 2.15 bits per heavy atom. The first-order valence-electron chi connectivity index (χ1n) is 6.51. The molecular formula is C14H17N3O3. The third-order valence-electron chi connectivity index (χ3n) is 2.86. The van der Waals surface area contributed by atoms with Crippen molar-refractivity contribution in [2.75, 3.05) is 11.9 Å². The van der Waals surface area contributed by atoms with Gasteiger partial charge in [0.05, 0.1) is 17.4 Å². The molecule has 1 N–H and O–H groups in total. The first kappa shape index (κ1) is 15.6. The predicted octanol–water partition coefficient (Wildman–Crippen LogP) is 2.83. The first-order valence-corrected chi connectivity index (χ1v) is 6.51. The predicted molar refractivity (Wildman–Crippen MR) is 75.4 cm³/mol. The second kappa shape index (κ2) is 8.64. The van der Waals surface area contributed by atoms with Crippen LogP contribution >= 0.6 is 0 Å². The van der Waals surface area contributed by atoms with Gasteiger partial charge >= 0.3 is 0 Å². The summed E-state index contributed by atoms with van der Waals surface area (Å²) in [6.07, 6.45) is 4.22. The lowest BCUT2D eigenvalue weighted by molar-refractivity contribution is -0.384. The van der Waals surface area contributed by atoms with Gasteiger partial charge < -0.3 is 10.1 Å². The lowest BCUT2D eigenvalue weighted by atomic mass is 10.1. The van der Waals surface area contributed by atoms with Gasteiger partial charge in [-0.1, -0.05) is 12.5 Å². The number of rotatable bonds is 9. The molecule has 1 aromatic carbocycles. The number of unbranched alkanes of at least 4 members (excludes halogenated alkanes) is 3. The van der Waals surface area contributed by atoms with E-state index in [0.717, 1.165) is 25.5 Å². The van der Waals surface area contributed by atoms with Crippen LogP contribution in [0.15, 0.2) is 18.2 Å². The summed E-state index contributed by atoms with van der Waals surface area (Å²) in [6, 6.07) is 6.75. The lowest BCUT2D eigenvalue weighted by Gasteiger charge is -2.07. The van der Waals surface area contributed by atoms with Crippen LogP contribution in [-0.4, -0.2) is 17.8 Å². The second-order valence-electron chi connectivity index (χ2n) is 4.39. The monoisotopic (exact) mass is 275 g/mol. The fourth-order valence-corrected chi connectivity index (χ4v) is 1.83. The number of hydrogen-bond donors (Lipinski definition) is 1. The highest BCUT2D eigenvalue weighted by Gasteiger charge is 2.13. The molecule has 0 amide bonds. The van der Waals surface area contributed by atoms with E-state index >= 15 is 0 Å². The fraction of sp³-hybridized carbons (Fsp3) is 0.429. The van der Waals surface area contributed by atoms with E-state index in [-0.39, 0.29) is 12.1 Å². The second-order valence-corrected chi connectivity index (χ2v) is 4.39. The van der Waals surface area contributed by atoms with Gasteiger partial charge in [-0.25, -0.2) is 0 Å². The molecule has 0 radical (unpaired) electrons. The molecule has 0 saturated heterocycles. The zero-order valence-corrected chi connectivity index (χ0v) is 11.2. The van der Waals surface area contributed by atoms with Crippen LogP contribution in [0.5, 0.6) is 0 Å². The molecule has 0 saturated carbocycles. The SMILES string of the molecule is N#CCc1ccc(NCCCCCC=O)c([N+](=O)[O-])c1. The number of nitrogens with one attached hydrogen (secondary N) is 1. The average molecular weight is 275 g/mol. The van der Waals surface area contributed by atoms with Crippen molar-refractivity contribution in [3.63, 3.8) is 0 Å². The molecule has 0 unspecified atom stereocenters. The molecule has 0 spiro atoms. The number of carbonyl (C=O) groups excluding carboxylic acids is 1. The Hall–Kier alpha value is -2.42. The molecule has 0 fully saturated rings. The van der Waals surface area contributed by atoms with Gasteiger partial charge in [-0.15, -0.1) is 0 Å². The zero-order valence-electron chi connectivity index (χ0n) is 11.2. The maximum Gasteiger partial charge on any atom is 0.292 e. The maximum absolute atomic E-state index is 11.0. The minimum Gasteiger partial charge on any atom is -0.379 e. The molecular weight excluding hydrogens is 258 g/mol. The molecule has 1 aromatic rings. The molecule has 106 valence electrons. The van der Waals surface area contributed by atoms with Crippen LogP contribution in [-0.2, 0) is 11.2 Å². The molecule has 1 rings (SSSR count). The summed E-state index contributed by atoms with van der Waals surface area (Å²) in [7, 11) is 0. The van der Waals surface area contributed by atoms with E-state index in [1.165, 1.54) is 6.07 Å². The number of benzene rings is 1. The normalized spacial score (nSPS) is 9.75. The van der Waals surface area contributed by atoms with Crippen LogP contribution in [0, 0.1) is 21.4 Å². The minimum absolute atomic E-state index is 0.00867. The lowest BCUT2D eigenvalue weighted by Crippen LogP contribution is -2.05. The van der Waals surface area contributed by atoms with E-state index in [0.29, 0.717) is 24.2 Å². The van der Waals surface area contributed by atoms with E-state index in [1.807, 2.05) is 6.07 Å². The molecule has 6 heteroatoms. The van der Waals surface area contributed by atoms with Gasteiger partial charge in [-0.3, -0.25) is 10.1 Å². The molecule has 0 bridgehead atoms. The minimum atomic E-state index is -0.449. The maximum atomic E-state index is 11.0. The summed E-state index contributed by atoms with van der Waals surface area (Å²) in [6.45, 7) is 0.622. The first-order chi connectivity index (χ1) is 9.69. The van der Waals surface area contributed by atoms with Gasteiger partial charge in [0, 0.05) is 19.0 Å². The van der Waals surface area contributed by atoms with Crippen molar-refractivity contribution >= 4 is 17.7 Å². The summed E-state index contributed by atoms with van der Waals surface area (Å²) in [5.41, 5.74) is 1.09. The summed E-state index contributed by atoms with van der Waals surface area (Å²) < 4.78 is 0. The third kappa shape index (κ3) is 5.06. The van der Waals surface area contributed by atoms with E-state index in [2.05, 4.69) is 5.32 Å². The van der Waals surface area contributed by atoms with Crippen LogP contribution in [0.4, 0.5) is 11.4 Å². The summed E-state index contributed by atoms with van der Waals surface area (Å²) in [4.78, 5) is 20.7. The molecule has 0 aliphatic heterocycles. The molecule has 0 aliphatic carbocycles. The van der Waals surface area contributed by atoms with Gasteiger partial charge in [0.15, 0.2) is 0 Å². The molecule has 0 atom stereocenters. The largest absolute Gasteiger partial charge is 0.379 e. The van der Waals surface area contributed by atoms with Crippen molar-refractivity contribution < 1.29 is 9.72 Å². The molecule has 0 aliphatic rings. The summed E-state index contributed by atoms with van der Waals surface area (Å²) in [5.74, 6) is 0. The van der Waals surface area contributed by atoms with E-state index in [4.69, 9.17) is 5.26 Å². The number of nitriles is 1. The van der Waals surface area contributed by atoms with Crippen LogP contribution in [0.1, 0.15) is 31.2 Å². The Kier molecular flexibility index (Phi) is 6.76. The number of carbonyl (C=O) groups is 1. The number of nitrogens with zero attached hydrogens (tertiary/aromatic N) is 2. The smallest absolute Gasteiger partial charge is 0.292 e. The number of aldehydes is 1. The summed E-state index contributed by atoms with van der Waals surface area (Å²) >= 11 is 0. The van der Waals surface area contributed by atoms with Crippen molar-refractivity contribution in [2.24, 2.45) is 0 Å². The van der Waals surface area contributed by atoms with E-state index in [1.54, 1.807) is 12.1 Å². The molecule has 6 nitrogen and oxygen atoms in total. The highest BCUT2D eigenvalue weighted by Crippen LogP contribution is 2.25. The number of anilines is 1. The molecule has 0 aromatic heterocycles. The third-order valence-corrected chi connectivity index (χ3v) is 2.86. The van der Waals surface area contributed by atoms with Gasteiger partial charge in [0.1, 0.15) is 12.0 Å². The van der Waals surface area contributed by atoms with Gasteiger partial charge in [0.25, 0.3) is 5.69 Å². The van der Waals surface area contributed by atoms with Crippen LogP contribution in [0.2, 0.25) is 0 Å². The van der Waals surface area contributed by atoms with Gasteiger partial charge in [-0.2, -0.15) is 5.26 Å². The Balaban J connectivity index is 2.58. The Bertz CT molecular complexity index is 509. The molecule has 20 heavy (non-hydrogen) atoms. The van der Waals surface area contributed by atoms with E-state index < -0.39 is 4.92 Å². The van der Waals surface area contributed by atoms with Crippen LogP contribution in [0.25, 0.3) is 0 Å². The van der Waals surface area contributed by atoms with Gasteiger partial charge in [-0.05, 0) is 24.5 Å². The standard InChI is InChI=1S/C14H17N3O3/c15-8-7-12-5-6-13(14(11-12)17(19)20)16-9-3-1-2-4-10-18/h5-6,10-11,16H,1-4,7,9H2. The van der Waals surface area contributed by atoms with Gasteiger partial charge in [0.2, 0.25) is 0 Å². The van der Waals surface area contributed by atoms with Crippen LogP contribution in [0.3, 0.4) is 0 Å². The van der Waals surface area contributed by atoms with Crippen molar-refractivity contribution in [1.82, 2.24) is 0 Å². The quantitative estimate of drug-likeness (QED) is 0.323. The Morgan fingerprint density at radius 3 is 2.80 bits per heavy atom. The number of nitro benzene ring substituents is 1. The van der Waals surface area contributed by atoms with Crippen molar-refractivity contribution in [3.05, 3.63) is 33.9 Å². The molecule has 0 heterocycles. The van der Waals surface area contributed by atoms with Crippen molar-refractivity contribution in [3.8, 4) is 6.07 Å². The van der Waals surface area contributed by atoms with E-state index in [9.17, 15) is 14.9 Å². The number of nitro groups is 1. The zero-order chi connectivity index (χ0) is 14.8.